The van der Waals surface area contributed by atoms with Crippen LogP contribution in [-0.2, 0) is 13.0 Å². The van der Waals surface area contributed by atoms with Crippen LogP contribution >= 0.6 is 50.2 Å². The molecular formula is C33H24BrClN2O3S2. The molecule has 0 bridgehead atoms. The van der Waals surface area contributed by atoms with Gasteiger partial charge in [-0.3, -0.25) is 9.36 Å². The number of hydrogen-bond donors (Lipinski definition) is 0. The standard InChI is InChI=1S/C33H24BrClN2O3S2/c1-39-26-16-20(15-25(34)31(26)40-18-19-8-11-22(35)12-9-19)17-28-32(38)37-30(27-7-4-14-41-27)24-13-10-21-5-2-3-6-23(21)29(24)36-33(37)42-28/h2-9,11-12,14-17,30H,10,13,18H2,1H3. The number of allylic oxidation sites excluding steroid dienone is 1. The van der Waals surface area contributed by atoms with Gasteiger partial charge in [0.2, 0.25) is 0 Å². The van der Waals surface area contributed by atoms with Gasteiger partial charge in [0.15, 0.2) is 16.3 Å². The molecule has 1 aliphatic heterocycles. The molecule has 0 fully saturated rings. The Kier molecular flexibility index (Phi) is 7.40. The number of methoxy groups -OCH3 is 1. The van der Waals surface area contributed by atoms with Crippen molar-refractivity contribution < 1.29 is 9.47 Å². The van der Waals surface area contributed by atoms with E-state index >= 15 is 0 Å². The van der Waals surface area contributed by atoms with Gasteiger partial charge in [0.05, 0.1) is 27.9 Å². The minimum absolute atomic E-state index is 0.0410. The Labute approximate surface area is 263 Å². The van der Waals surface area contributed by atoms with Crippen molar-refractivity contribution in [1.29, 1.82) is 0 Å². The lowest BCUT2D eigenvalue weighted by Crippen LogP contribution is -2.38. The predicted octanol–water partition coefficient (Wildman–Crippen LogP) is 7.38. The zero-order valence-corrected chi connectivity index (χ0v) is 26.4. The molecule has 1 unspecified atom stereocenters. The van der Waals surface area contributed by atoms with Crippen molar-refractivity contribution >= 4 is 62.0 Å². The van der Waals surface area contributed by atoms with Crippen LogP contribution in [0.5, 0.6) is 11.5 Å². The summed E-state index contributed by atoms with van der Waals surface area (Å²) < 4.78 is 15.0. The molecule has 0 radical (unpaired) electrons. The Morgan fingerprint density at radius 3 is 2.71 bits per heavy atom. The first-order valence-electron chi connectivity index (χ1n) is 13.4. The maximum atomic E-state index is 14.0. The molecule has 42 heavy (non-hydrogen) atoms. The Balaban J connectivity index is 1.30. The van der Waals surface area contributed by atoms with Crippen LogP contribution in [0.1, 0.15) is 39.6 Å². The summed E-state index contributed by atoms with van der Waals surface area (Å²) in [6.45, 7) is 0.362. The predicted molar refractivity (Wildman–Crippen MR) is 174 cm³/mol. The highest BCUT2D eigenvalue weighted by atomic mass is 79.9. The highest BCUT2D eigenvalue weighted by Crippen LogP contribution is 2.42. The molecule has 5 nitrogen and oxygen atoms in total. The number of hydrogen-bond acceptors (Lipinski definition) is 6. The fraction of sp³-hybridized carbons (Fsp3) is 0.152. The first kappa shape index (κ1) is 27.4. The average Bonchev–Trinajstić information content (AvgIpc) is 3.64. The lowest BCUT2D eigenvalue weighted by Gasteiger charge is -2.30. The van der Waals surface area contributed by atoms with E-state index in [1.54, 1.807) is 18.4 Å². The summed E-state index contributed by atoms with van der Waals surface area (Å²) in [6.07, 6.45) is 3.73. The van der Waals surface area contributed by atoms with Crippen molar-refractivity contribution in [2.24, 2.45) is 4.99 Å². The quantitative estimate of drug-likeness (QED) is 0.189. The Morgan fingerprint density at radius 1 is 1.10 bits per heavy atom. The molecule has 2 aromatic heterocycles. The van der Waals surface area contributed by atoms with Crippen molar-refractivity contribution in [2.75, 3.05) is 7.11 Å². The second-order valence-corrected chi connectivity index (χ2v) is 13.4. The molecule has 0 saturated carbocycles. The maximum absolute atomic E-state index is 14.0. The van der Waals surface area contributed by atoms with Gasteiger partial charge in [-0.15, -0.1) is 11.3 Å². The normalized spacial score (nSPS) is 16.0. The SMILES string of the molecule is COc1cc(C=c2sc3n(c2=O)C(c2cccs2)C2=C(N=3)c3ccccc3CC2)cc(Br)c1OCc1ccc(Cl)cc1. The number of rotatable bonds is 6. The third-order valence-corrected chi connectivity index (χ3v) is 10.3. The van der Waals surface area contributed by atoms with E-state index < -0.39 is 0 Å². The minimum atomic E-state index is -0.156. The fourth-order valence-corrected chi connectivity index (χ4v) is 8.12. The number of benzene rings is 3. The summed E-state index contributed by atoms with van der Waals surface area (Å²) in [6, 6.07) is 23.8. The summed E-state index contributed by atoms with van der Waals surface area (Å²) in [7, 11) is 1.61. The van der Waals surface area contributed by atoms with Gasteiger partial charge in [-0.2, -0.15) is 0 Å². The van der Waals surface area contributed by atoms with E-state index in [1.165, 1.54) is 28.0 Å². The topological polar surface area (TPSA) is 52.8 Å². The van der Waals surface area contributed by atoms with E-state index in [2.05, 4.69) is 51.6 Å². The molecule has 0 amide bonds. The Bertz CT molecular complexity index is 2030. The van der Waals surface area contributed by atoms with Crippen LogP contribution < -0.4 is 24.4 Å². The highest BCUT2D eigenvalue weighted by Gasteiger charge is 2.33. The van der Waals surface area contributed by atoms with Gasteiger partial charge < -0.3 is 9.47 Å². The van der Waals surface area contributed by atoms with Gasteiger partial charge in [-0.05, 0) is 92.8 Å². The lowest BCUT2D eigenvalue weighted by atomic mass is 9.85. The number of aryl methyl sites for hydroxylation is 1. The number of aromatic nitrogens is 1. The molecule has 7 rings (SSSR count). The zero-order chi connectivity index (χ0) is 28.8. The van der Waals surface area contributed by atoms with Crippen molar-refractivity contribution in [2.45, 2.75) is 25.5 Å². The van der Waals surface area contributed by atoms with Gasteiger partial charge in [0, 0.05) is 15.5 Å². The molecule has 0 spiro atoms. The zero-order valence-electron chi connectivity index (χ0n) is 22.5. The number of nitrogens with zero attached hydrogens (tertiary/aromatic N) is 2. The van der Waals surface area contributed by atoms with E-state index in [0.29, 0.717) is 32.5 Å². The largest absolute Gasteiger partial charge is 0.493 e. The molecule has 9 heteroatoms. The number of ether oxygens (including phenoxy) is 2. The van der Waals surface area contributed by atoms with Crippen LogP contribution in [0.4, 0.5) is 0 Å². The fourth-order valence-electron chi connectivity index (χ4n) is 5.57. The summed E-state index contributed by atoms with van der Waals surface area (Å²) >= 11 is 12.8. The summed E-state index contributed by atoms with van der Waals surface area (Å²) in [4.78, 5) is 21.0. The summed E-state index contributed by atoms with van der Waals surface area (Å²) in [5, 5.41) is 2.75. The molecule has 3 aromatic carbocycles. The van der Waals surface area contributed by atoms with Gasteiger partial charge in [0.1, 0.15) is 6.61 Å². The third-order valence-electron chi connectivity index (χ3n) is 7.53. The first-order valence-corrected chi connectivity index (χ1v) is 16.3. The molecule has 5 aromatic rings. The third kappa shape index (κ3) is 4.96. The minimum Gasteiger partial charge on any atom is -0.493 e. The van der Waals surface area contributed by atoms with Gasteiger partial charge in [0.25, 0.3) is 5.56 Å². The number of thiazole rings is 1. The van der Waals surface area contributed by atoms with Crippen LogP contribution in [0.25, 0.3) is 11.8 Å². The van der Waals surface area contributed by atoms with Crippen LogP contribution in [0.15, 0.2) is 98.0 Å². The molecule has 0 N–H and O–H groups in total. The number of fused-ring (bicyclic) bond motifs is 3. The summed E-state index contributed by atoms with van der Waals surface area (Å²) in [5.74, 6) is 1.16. The smallest absolute Gasteiger partial charge is 0.271 e. The molecule has 1 atom stereocenters. The Morgan fingerprint density at radius 2 is 1.93 bits per heavy atom. The number of thiophene rings is 1. The molecule has 2 aliphatic rings. The van der Waals surface area contributed by atoms with Crippen LogP contribution in [-0.4, -0.2) is 11.7 Å². The van der Waals surface area contributed by atoms with E-state index in [1.807, 2.05) is 53.1 Å². The van der Waals surface area contributed by atoms with E-state index in [4.69, 9.17) is 26.1 Å². The molecular weight excluding hydrogens is 652 g/mol. The van der Waals surface area contributed by atoms with Crippen molar-refractivity contribution in [3.8, 4) is 11.5 Å². The highest BCUT2D eigenvalue weighted by molar-refractivity contribution is 9.10. The lowest BCUT2D eigenvalue weighted by molar-refractivity contribution is 0.282. The van der Waals surface area contributed by atoms with Crippen LogP contribution in [0.2, 0.25) is 5.02 Å². The van der Waals surface area contributed by atoms with Gasteiger partial charge in [-0.1, -0.05) is 65.4 Å². The van der Waals surface area contributed by atoms with E-state index in [-0.39, 0.29) is 11.6 Å². The second-order valence-electron chi connectivity index (χ2n) is 10.1. The van der Waals surface area contributed by atoms with Crippen LogP contribution in [0, 0.1) is 0 Å². The molecule has 1 aliphatic carbocycles. The monoisotopic (exact) mass is 674 g/mol. The molecule has 3 heterocycles. The van der Waals surface area contributed by atoms with Crippen LogP contribution in [0.3, 0.4) is 0 Å². The second kappa shape index (κ2) is 11.3. The summed E-state index contributed by atoms with van der Waals surface area (Å²) in [5.41, 5.74) is 6.46. The van der Waals surface area contributed by atoms with E-state index in [9.17, 15) is 4.79 Å². The van der Waals surface area contributed by atoms with E-state index in [0.717, 1.165) is 39.0 Å². The maximum Gasteiger partial charge on any atom is 0.271 e. The Hall–Kier alpha value is -3.43. The first-order chi connectivity index (χ1) is 20.5. The number of halogens is 2. The molecule has 0 saturated heterocycles. The van der Waals surface area contributed by atoms with Gasteiger partial charge in [-0.25, -0.2) is 4.99 Å². The average molecular weight is 676 g/mol. The van der Waals surface area contributed by atoms with Crippen molar-refractivity contribution in [1.82, 2.24) is 4.57 Å². The molecule has 210 valence electrons. The van der Waals surface area contributed by atoms with Gasteiger partial charge >= 0.3 is 0 Å². The van der Waals surface area contributed by atoms with Crippen molar-refractivity contribution in [3.05, 3.63) is 140 Å². The van der Waals surface area contributed by atoms with Crippen molar-refractivity contribution in [3.63, 3.8) is 0 Å².